The standard InChI is InChI=1S/C23H29ClN4/c1-23(2)25-20(17-28(23)21-10-8-19(24)9-11-21)16-18-6-4-5-7-22(18)27-14-12-26(3)13-15-27/h4-11H,12-17H2,1-3H3. The van der Waals surface area contributed by atoms with Gasteiger partial charge in [0.1, 0.15) is 5.66 Å². The topological polar surface area (TPSA) is 22.1 Å². The predicted octanol–water partition coefficient (Wildman–Crippen LogP) is 4.33. The second-order valence-corrected chi connectivity index (χ2v) is 8.77. The van der Waals surface area contributed by atoms with Crippen LogP contribution in [0.5, 0.6) is 0 Å². The molecular formula is C23H29ClN4. The van der Waals surface area contributed by atoms with Crippen LogP contribution in [0, 0.1) is 0 Å². The number of benzene rings is 2. The van der Waals surface area contributed by atoms with E-state index in [-0.39, 0.29) is 5.66 Å². The van der Waals surface area contributed by atoms with Crippen LogP contribution in [0.15, 0.2) is 53.5 Å². The highest BCUT2D eigenvalue weighted by Gasteiger charge is 2.33. The van der Waals surface area contributed by atoms with E-state index in [4.69, 9.17) is 16.6 Å². The largest absolute Gasteiger partial charge is 0.369 e. The van der Waals surface area contributed by atoms with E-state index in [1.165, 1.54) is 22.6 Å². The smallest absolute Gasteiger partial charge is 0.126 e. The maximum absolute atomic E-state index is 6.07. The van der Waals surface area contributed by atoms with Crippen LogP contribution < -0.4 is 9.80 Å². The van der Waals surface area contributed by atoms with E-state index >= 15 is 0 Å². The van der Waals surface area contributed by atoms with Crippen molar-refractivity contribution in [3.05, 3.63) is 59.1 Å². The molecule has 2 aromatic rings. The van der Waals surface area contributed by atoms with Crippen molar-refractivity contribution in [3.63, 3.8) is 0 Å². The fourth-order valence-corrected chi connectivity index (χ4v) is 4.34. The Labute approximate surface area is 173 Å². The highest BCUT2D eigenvalue weighted by molar-refractivity contribution is 6.30. The van der Waals surface area contributed by atoms with E-state index in [0.29, 0.717) is 0 Å². The number of hydrogen-bond acceptors (Lipinski definition) is 4. The molecule has 4 rings (SSSR count). The third-order valence-electron chi connectivity index (χ3n) is 5.80. The van der Waals surface area contributed by atoms with Gasteiger partial charge in [0.2, 0.25) is 0 Å². The zero-order valence-electron chi connectivity index (χ0n) is 17.0. The Morgan fingerprint density at radius 1 is 0.964 bits per heavy atom. The van der Waals surface area contributed by atoms with Gasteiger partial charge in [-0.3, -0.25) is 4.99 Å². The minimum atomic E-state index is -0.244. The van der Waals surface area contributed by atoms with Crippen molar-refractivity contribution in [1.82, 2.24) is 4.90 Å². The van der Waals surface area contributed by atoms with Crippen LogP contribution in [-0.4, -0.2) is 56.0 Å². The molecule has 0 aromatic heterocycles. The molecule has 1 saturated heterocycles. The van der Waals surface area contributed by atoms with Crippen molar-refractivity contribution in [2.24, 2.45) is 4.99 Å². The van der Waals surface area contributed by atoms with Gasteiger partial charge in [0.15, 0.2) is 0 Å². The molecule has 0 unspecified atom stereocenters. The highest BCUT2D eigenvalue weighted by atomic mass is 35.5. The van der Waals surface area contributed by atoms with Gasteiger partial charge in [-0.2, -0.15) is 0 Å². The Balaban J connectivity index is 1.53. The summed E-state index contributed by atoms with van der Waals surface area (Å²) in [7, 11) is 2.20. The summed E-state index contributed by atoms with van der Waals surface area (Å²) >= 11 is 6.07. The Bertz CT molecular complexity index is 851. The maximum atomic E-state index is 6.07. The first-order chi connectivity index (χ1) is 13.4. The van der Waals surface area contributed by atoms with Crippen LogP contribution in [0.3, 0.4) is 0 Å². The number of anilines is 2. The van der Waals surface area contributed by atoms with Crippen molar-refractivity contribution < 1.29 is 0 Å². The monoisotopic (exact) mass is 396 g/mol. The number of para-hydroxylation sites is 1. The molecule has 2 heterocycles. The molecule has 0 amide bonds. The van der Waals surface area contributed by atoms with E-state index in [9.17, 15) is 0 Å². The Morgan fingerprint density at radius 2 is 1.64 bits per heavy atom. The molecule has 2 aliphatic rings. The van der Waals surface area contributed by atoms with Crippen molar-refractivity contribution >= 4 is 28.7 Å². The first-order valence-electron chi connectivity index (χ1n) is 10.0. The van der Waals surface area contributed by atoms with E-state index < -0.39 is 0 Å². The number of piperazine rings is 1. The summed E-state index contributed by atoms with van der Waals surface area (Å²) in [6.45, 7) is 9.62. The molecule has 2 aromatic carbocycles. The van der Waals surface area contributed by atoms with Gasteiger partial charge >= 0.3 is 0 Å². The molecule has 0 saturated carbocycles. The van der Waals surface area contributed by atoms with Gasteiger partial charge < -0.3 is 14.7 Å². The lowest BCUT2D eigenvalue weighted by Gasteiger charge is -2.35. The van der Waals surface area contributed by atoms with Gasteiger partial charge in [0.25, 0.3) is 0 Å². The summed E-state index contributed by atoms with van der Waals surface area (Å²) in [5.41, 5.74) is 4.90. The average molecular weight is 397 g/mol. The van der Waals surface area contributed by atoms with Crippen molar-refractivity contribution in [1.29, 1.82) is 0 Å². The number of likely N-dealkylation sites (N-methyl/N-ethyl adjacent to an activating group) is 1. The van der Waals surface area contributed by atoms with Crippen LogP contribution >= 0.6 is 11.6 Å². The van der Waals surface area contributed by atoms with Crippen LogP contribution in [0.4, 0.5) is 11.4 Å². The van der Waals surface area contributed by atoms with Crippen LogP contribution in [-0.2, 0) is 6.42 Å². The number of rotatable bonds is 4. The Kier molecular flexibility index (Phi) is 5.35. The van der Waals surface area contributed by atoms with Gasteiger partial charge in [0, 0.05) is 54.7 Å². The molecule has 0 aliphatic carbocycles. The molecule has 4 nitrogen and oxygen atoms in total. The van der Waals surface area contributed by atoms with Crippen LogP contribution in [0.1, 0.15) is 19.4 Å². The molecule has 0 spiro atoms. The number of nitrogens with zero attached hydrogens (tertiary/aromatic N) is 4. The lowest BCUT2D eigenvalue weighted by atomic mass is 10.0. The summed E-state index contributed by atoms with van der Waals surface area (Å²) in [4.78, 5) is 12.4. The minimum Gasteiger partial charge on any atom is -0.369 e. The van der Waals surface area contributed by atoms with E-state index in [1.54, 1.807) is 0 Å². The molecule has 0 atom stereocenters. The molecule has 148 valence electrons. The first-order valence-corrected chi connectivity index (χ1v) is 10.4. The van der Waals surface area contributed by atoms with Gasteiger partial charge in [0.05, 0.1) is 6.54 Å². The third-order valence-corrected chi connectivity index (χ3v) is 6.05. The molecule has 0 radical (unpaired) electrons. The minimum absolute atomic E-state index is 0.244. The molecule has 2 aliphatic heterocycles. The van der Waals surface area contributed by atoms with Crippen molar-refractivity contribution in [2.75, 3.05) is 49.6 Å². The molecule has 5 heteroatoms. The fraction of sp³-hybridized carbons (Fsp3) is 0.435. The number of halogens is 1. The van der Waals surface area contributed by atoms with Crippen molar-refractivity contribution in [3.8, 4) is 0 Å². The Morgan fingerprint density at radius 3 is 2.36 bits per heavy atom. The van der Waals surface area contributed by atoms with E-state index in [2.05, 4.69) is 72.0 Å². The van der Waals surface area contributed by atoms with Crippen molar-refractivity contribution in [2.45, 2.75) is 25.9 Å². The lowest BCUT2D eigenvalue weighted by Crippen LogP contribution is -2.44. The number of hydrogen-bond donors (Lipinski definition) is 0. The van der Waals surface area contributed by atoms with Gasteiger partial charge in [-0.05, 0) is 56.8 Å². The highest BCUT2D eigenvalue weighted by Crippen LogP contribution is 2.32. The normalized spacial score (nSPS) is 19.8. The summed E-state index contributed by atoms with van der Waals surface area (Å²) in [5.74, 6) is 0. The van der Waals surface area contributed by atoms with Gasteiger partial charge in [-0.15, -0.1) is 0 Å². The molecule has 0 bridgehead atoms. The van der Waals surface area contributed by atoms with E-state index in [0.717, 1.165) is 44.2 Å². The van der Waals surface area contributed by atoms with Gasteiger partial charge in [-0.1, -0.05) is 29.8 Å². The fourth-order valence-electron chi connectivity index (χ4n) is 4.22. The summed E-state index contributed by atoms with van der Waals surface area (Å²) in [5, 5.41) is 0.767. The second kappa shape index (κ2) is 7.76. The lowest BCUT2D eigenvalue weighted by molar-refractivity contribution is 0.312. The summed E-state index contributed by atoms with van der Waals surface area (Å²) in [6.07, 6.45) is 0.899. The zero-order chi connectivity index (χ0) is 19.7. The van der Waals surface area contributed by atoms with Crippen LogP contribution in [0.25, 0.3) is 0 Å². The average Bonchev–Trinajstić information content (AvgIpc) is 2.97. The second-order valence-electron chi connectivity index (χ2n) is 8.33. The molecule has 0 N–H and O–H groups in total. The molecule has 1 fully saturated rings. The maximum Gasteiger partial charge on any atom is 0.126 e. The summed E-state index contributed by atoms with van der Waals surface area (Å²) in [6, 6.07) is 16.9. The van der Waals surface area contributed by atoms with Gasteiger partial charge in [-0.25, -0.2) is 0 Å². The molecule has 28 heavy (non-hydrogen) atoms. The van der Waals surface area contributed by atoms with E-state index in [1.807, 2.05) is 12.1 Å². The molecular weight excluding hydrogens is 368 g/mol. The van der Waals surface area contributed by atoms with Crippen LogP contribution in [0.2, 0.25) is 5.02 Å². The predicted molar refractivity (Wildman–Crippen MR) is 120 cm³/mol. The zero-order valence-corrected chi connectivity index (χ0v) is 17.8. The quantitative estimate of drug-likeness (QED) is 0.767. The Hall–Kier alpha value is -2.04. The first kappa shape index (κ1) is 19.3. The number of aliphatic imine (C=N–C) groups is 1. The summed E-state index contributed by atoms with van der Waals surface area (Å²) < 4.78 is 0. The third kappa shape index (κ3) is 4.03. The SMILES string of the molecule is CN1CCN(c2ccccc2CC2=NC(C)(C)N(c3ccc(Cl)cc3)C2)CC1.